The molecule has 18 nitrogen and oxygen atoms in total. The number of phenolic OH excluding ortho intramolecular Hbond substituents is 2. The Hall–Kier alpha value is -8.12. The van der Waals surface area contributed by atoms with E-state index in [1.54, 1.807) is 30.6 Å². The molecule has 2 aromatic heterocycles. The van der Waals surface area contributed by atoms with Crippen molar-refractivity contribution in [1.82, 2.24) is 29.6 Å². The van der Waals surface area contributed by atoms with Crippen molar-refractivity contribution in [3.05, 3.63) is 118 Å². The number of halogens is 7. The molecule has 4 aliphatic heterocycles. The number of hydrogen-bond acceptors (Lipinski definition) is 16. The number of likely N-dealkylation sites (N-methyl/N-ethyl adjacent to an activating group) is 2. The third-order valence-corrected chi connectivity index (χ3v) is 16.0. The lowest BCUT2D eigenvalue weighted by molar-refractivity contribution is -0.126. The number of rotatable bonds is 10. The lowest BCUT2D eigenvalue weighted by Crippen LogP contribution is -2.58. The predicted molar refractivity (Wildman–Crippen MR) is 326 cm³/mol. The number of carbonyl (C=O) groups excluding carboxylic acids is 3. The van der Waals surface area contributed by atoms with E-state index in [0.717, 1.165) is 18.2 Å². The number of aromatic nitrogens is 2. The molecule has 2 N–H and O–H groups in total. The number of nitrogens with zero attached hydrogens (tertiary/aromatic N) is 12. The summed E-state index contributed by atoms with van der Waals surface area (Å²) in [7, 11) is 7.85. The van der Waals surface area contributed by atoms with Gasteiger partial charge < -0.3 is 54.1 Å². The Morgan fingerprint density at radius 1 is 0.640 bits per heavy atom. The van der Waals surface area contributed by atoms with Crippen LogP contribution in [0.3, 0.4) is 0 Å². The van der Waals surface area contributed by atoms with E-state index in [1.165, 1.54) is 42.5 Å². The standard InChI is InChI=1S/C30H33ClF2N6O3.C28H27ClF2N6O2.C3H3ClO/c1-30(2,3)42-29(41)38-11-9-37(10-12-38)27-18-13-20(31)23(24-21(32)7-6-8-22(24)40)25(33)26(18)35-28(19(27)14-34)39-15-17(16-39)36(4)5;1-4-22(39)35-8-10-36(11-9-35)27-17-12-19(29)23(24-20(30)6-5-7-21(24)38)25(31)26(17)33-28(18(27)13-32)37-14-16(15-37)34(2)3;1-2-3(4)5/h6-8,13,17,40H,9-12,15-16H2,1-5H3;4-7,12,16,38H,1,8-11,14-15H2,2-3H3;2H,1H2. The van der Waals surface area contributed by atoms with Gasteiger partial charge in [0.05, 0.1) is 32.5 Å². The first-order valence-electron chi connectivity index (χ1n) is 27.2. The molecule has 4 saturated heterocycles. The van der Waals surface area contributed by atoms with Crippen LogP contribution in [0.15, 0.2) is 73.8 Å². The number of piperazine rings is 2. The molecule has 10 rings (SSSR count). The topological polar surface area (TPSA) is 200 Å². The first-order valence-corrected chi connectivity index (χ1v) is 28.4. The number of aromatic hydroxyl groups is 2. The maximum atomic E-state index is 16.4. The Labute approximate surface area is 510 Å². The summed E-state index contributed by atoms with van der Waals surface area (Å²) in [4.78, 5) is 58.6. The van der Waals surface area contributed by atoms with Gasteiger partial charge in [-0.3, -0.25) is 9.59 Å². The molecule has 0 saturated carbocycles. The van der Waals surface area contributed by atoms with E-state index in [1.807, 2.05) is 47.8 Å². The average Bonchev–Trinajstić information content (AvgIpc) is 0.831. The zero-order chi connectivity index (χ0) is 62.8. The maximum absolute atomic E-state index is 16.4. The van der Waals surface area contributed by atoms with Crippen LogP contribution in [0.4, 0.5) is 45.4 Å². The number of anilines is 4. The Balaban J connectivity index is 0.000000208. The highest BCUT2D eigenvalue weighted by atomic mass is 35.5. The molecule has 0 unspecified atom stereocenters. The first kappa shape index (κ1) is 63.9. The molecule has 0 bridgehead atoms. The van der Waals surface area contributed by atoms with Crippen molar-refractivity contribution in [3.63, 3.8) is 0 Å². The highest BCUT2D eigenvalue weighted by molar-refractivity contribution is 6.66. The Morgan fingerprint density at radius 2 is 1.01 bits per heavy atom. The number of nitriles is 2. The number of benzene rings is 4. The second-order valence-electron chi connectivity index (χ2n) is 22.2. The monoisotopic (exact) mass is 1240 g/mol. The second kappa shape index (κ2) is 26.2. The second-order valence-corrected chi connectivity index (χ2v) is 23.4. The fourth-order valence-electron chi connectivity index (χ4n) is 10.5. The van der Waals surface area contributed by atoms with Crippen LogP contribution < -0.4 is 19.6 Å². The lowest BCUT2D eigenvalue weighted by atomic mass is 9.97. The minimum atomic E-state index is -0.901. The highest BCUT2D eigenvalue weighted by Gasteiger charge is 2.38. The number of phenols is 2. The zero-order valence-corrected chi connectivity index (χ0v) is 50.6. The van der Waals surface area contributed by atoms with Crippen molar-refractivity contribution in [3.8, 4) is 45.9 Å². The molecule has 6 heterocycles. The average molecular weight is 1240 g/mol. The molecular weight excluding hydrogens is 1180 g/mol. The highest BCUT2D eigenvalue weighted by Crippen LogP contribution is 2.48. The lowest BCUT2D eigenvalue weighted by Gasteiger charge is -2.44. The molecular formula is C61H63Cl3F4N12O6. The summed E-state index contributed by atoms with van der Waals surface area (Å²) >= 11 is 17.8. The Kier molecular flexibility index (Phi) is 19.5. The van der Waals surface area contributed by atoms with Gasteiger partial charge in [-0.15, -0.1) is 0 Å². The fraction of sp³-hybridized carbons (Fsp3) is 0.361. The van der Waals surface area contributed by atoms with Crippen LogP contribution in [0.1, 0.15) is 31.9 Å². The van der Waals surface area contributed by atoms with Gasteiger partial charge in [0.25, 0.3) is 0 Å². The Morgan fingerprint density at radius 3 is 1.33 bits per heavy atom. The van der Waals surface area contributed by atoms with Crippen LogP contribution in [0.2, 0.25) is 10.0 Å². The largest absolute Gasteiger partial charge is 0.507 e. The van der Waals surface area contributed by atoms with Crippen LogP contribution in [0.25, 0.3) is 44.1 Å². The number of ether oxygens (including phenoxy) is 1. The van der Waals surface area contributed by atoms with E-state index in [9.17, 15) is 43.9 Å². The molecule has 0 radical (unpaired) electrons. The van der Waals surface area contributed by atoms with Crippen molar-refractivity contribution < 1.29 is 46.9 Å². The molecule has 4 aromatic carbocycles. The summed E-state index contributed by atoms with van der Waals surface area (Å²) in [6.45, 7) is 17.3. The molecule has 25 heteroatoms. The minimum Gasteiger partial charge on any atom is -0.507 e. The van der Waals surface area contributed by atoms with Gasteiger partial charge in [-0.2, -0.15) is 10.5 Å². The molecule has 0 spiro atoms. The quantitative estimate of drug-likeness (QED) is 0.0745. The van der Waals surface area contributed by atoms with Gasteiger partial charge in [0.15, 0.2) is 11.6 Å². The number of hydrogen-bond donors (Lipinski definition) is 2. The molecule has 4 fully saturated rings. The van der Waals surface area contributed by atoms with Gasteiger partial charge in [0, 0.05) is 113 Å². The molecule has 6 aromatic rings. The summed E-state index contributed by atoms with van der Waals surface area (Å²) in [5.74, 6) is -3.91. The van der Waals surface area contributed by atoms with Crippen LogP contribution in [0, 0.1) is 45.9 Å². The van der Waals surface area contributed by atoms with E-state index >= 15 is 8.78 Å². The molecule has 86 heavy (non-hydrogen) atoms. The number of allylic oxidation sites excluding steroid dienone is 1. The SMILES string of the molecule is C=CC(=O)Cl.C=CC(=O)N1CCN(c2c(C#N)c(N3CC(N(C)C)C3)nc3c(F)c(-c4c(O)cccc4F)c(Cl)cc23)CC1.CN(C)C1CN(c2nc3c(F)c(-c4c(O)cccc4F)c(Cl)cc3c(N3CCN(C(=O)OC(C)(C)C)CC3)c2C#N)C1. The summed E-state index contributed by atoms with van der Waals surface area (Å²) in [5, 5.41) is 41.3. The van der Waals surface area contributed by atoms with Gasteiger partial charge in [-0.25, -0.2) is 32.3 Å². The smallest absolute Gasteiger partial charge is 0.410 e. The number of amides is 2. The van der Waals surface area contributed by atoms with Gasteiger partial charge in [-0.05, 0) is 109 Å². The van der Waals surface area contributed by atoms with Crippen molar-refractivity contribution in [2.24, 2.45) is 0 Å². The number of fused-ring (bicyclic) bond motifs is 2. The van der Waals surface area contributed by atoms with Crippen molar-refractivity contribution in [2.75, 3.05) is 126 Å². The van der Waals surface area contributed by atoms with Crippen LogP contribution in [-0.2, 0) is 14.3 Å². The van der Waals surface area contributed by atoms with Crippen molar-refractivity contribution in [2.45, 2.75) is 38.5 Å². The van der Waals surface area contributed by atoms with Gasteiger partial charge >= 0.3 is 6.09 Å². The van der Waals surface area contributed by atoms with Crippen molar-refractivity contribution >= 4 is 96.9 Å². The fourth-order valence-corrected chi connectivity index (χ4v) is 11.1. The molecule has 0 aliphatic carbocycles. The van der Waals surface area contributed by atoms with E-state index in [2.05, 4.69) is 45.1 Å². The number of carbonyl (C=O) groups is 3. The van der Waals surface area contributed by atoms with Gasteiger partial charge in [0.2, 0.25) is 11.1 Å². The molecule has 2 amide bonds. The van der Waals surface area contributed by atoms with Gasteiger partial charge in [0.1, 0.15) is 74.7 Å². The molecule has 4 aliphatic rings. The summed E-state index contributed by atoms with van der Waals surface area (Å²) in [6.07, 6.45) is 1.87. The van der Waals surface area contributed by atoms with E-state index < -0.39 is 51.7 Å². The predicted octanol–water partition coefficient (Wildman–Crippen LogP) is 10.2. The third kappa shape index (κ3) is 13.0. The molecule has 452 valence electrons. The van der Waals surface area contributed by atoms with Crippen LogP contribution in [0.5, 0.6) is 11.5 Å². The van der Waals surface area contributed by atoms with Crippen LogP contribution in [-0.4, -0.2) is 181 Å². The van der Waals surface area contributed by atoms with Crippen LogP contribution >= 0.6 is 34.8 Å². The summed E-state index contributed by atoms with van der Waals surface area (Å²) in [6, 6.07) is 15.3. The van der Waals surface area contributed by atoms with Gasteiger partial charge in [-0.1, -0.05) is 48.5 Å². The molecule has 0 atom stereocenters. The summed E-state index contributed by atoms with van der Waals surface area (Å²) < 4.78 is 67.9. The Bertz CT molecular complexity index is 3710. The zero-order valence-electron chi connectivity index (χ0n) is 48.4. The number of pyridine rings is 2. The maximum Gasteiger partial charge on any atom is 0.410 e. The minimum absolute atomic E-state index is 0.0843. The summed E-state index contributed by atoms with van der Waals surface area (Å²) in [5.41, 5.74) is -0.697. The third-order valence-electron chi connectivity index (χ3n) is 15.2. The first-order chi connectivity index (χ1) is 40.7. The van der Waals surface area contributed by atoms with Crippen molar-refractivity contribution in [1.29, 1.82) is 10.5 Å². The van der Waals surface area contributed by atoms with E-state index in [4.69, 9.17) is 39.5 Å². The van der Waals surface area contributed by atoms with E-state index in [0.29, 0.717) is 107 Å². The normalized spacial score (nSPS) is 15.5. The van der Waals surface area contributed by atoms with E-state index in [-0.39, 0.29) is 77.8 Å².